The summed E-state index contributed by atoms with van der Waals surface area (Å²) in [6.45, 7) is 5.91. The quantitative estimate of drug-likeness (QED) is 0.733. The fraction of sp³-hybridized carbons (Fsp3) is 1.00. The van der Waals surface area contributed by atoms with Gasteiger partial charge in [0.1, 0.15) is 0 Å². The van der Waals surface area contributed by atoms with Gasteiger partial charge in [-0.05, 0) is 19.9 Å². The molecular weight excluding hydrogens is 186 g/mol. The first-order chi connectivity index (χ1) is 5.84. The van der Waals surface area contributed by atoms with E-state index in [0.717, 1.165) is 6.42 Å². The van der Waals surface area contributed by atoms with Crippen LogP contribution in [0.25, 0.3) is 0 Å². The highest BCUT2D eigenvalue weighted by Crippen LogP contribution is 2.15. The molecule has 0 aliphatic rings. The molecule has 0 aliphatic heterocycles. The normalized spacial score (nSPS) is 19.5. The summed E-state index contributed by atoms with van der Waals surface area (Å²) in [6, 6.07) is 0.0556. The van der Waals surface area contributed by atoms with Crippen LogP contribution in [0.1, 0.15) is 27.2 Å². The van der Waals surface area contributed by atoms with Crippen LogP contribution in [0.5, 0.6) is 0 Å². The molecule has 0 aromatic carbocycles. The van der Waals surface area contributed by atoms with E-state index >= 15 is 0 Å². The van der Waals surface area contributed by atoms with Crippen LogP contribution in [-0.4, -0.2) is 33.0 Å². The molecule has 3 nitrogen and oxygen atoms in total. The van der Waals surface area contributed by atoms with E-state index in [0.29, 0.717) is 5.92 Å². The molecule has 0 radical (unpaired) electrons. The van der Waals surface area contributed by atoms with Crippen molar-refractivity contribution >= 4 is 9.84 Å². The van der Waals surface area contributed by atoms with Crippen molar-refractivity contribution in [1.82, 2.24) is 5.32 Å². The third-order valence-corrected chi connectivity index (χ3v) is 4.42. The number of nitrogens with one attached hydrogen (secondary N) is 1. The van der Waals surface area contributed by atoms with E-state index in [1.54, 1.807) is 6.92 Å². The first-order valence-corrected chi connectivity index (χ1v) is 6.66. The van der Waals surface area contributed by atoms with Gasteiger partial charge in [-0.3, -0.25) is 0 Å². The van der Waals surface area contributed by atoms with Gasteiger partial charge in [-0.1, -0.05) is 20.3 Å². The van der Waals surface area contributed by atoms with Gasteiger partial charge >= 0.3 is 0 Å². The smallest absolute Gasteiger partial charge is 0.151 e. The Hall–Kier alpha value is -0.0900. The zero-order valence-electron chi connectivity index (χ0n) is 9.16. The molecule has 3 unspecified atom stereocenters. The third-order valence-electron chi connectivity index (χ3n) is 2.77. The fourth-order valence-electron chi connectivity index (χ4n) is 1.50. The van der Waals surface area contributed by atoms with Crippen molar-refractivity contribution in [2.45, 2.75) is 38.5 Å². The maximum atomic E-state index is 11.3. The van der Waals surface area contributed by atoms with Gasteiger partial charge in [-0.15, -0.1) is 0 Å². The fourth-order valence-corrected chi connectivity index (χ4v) is 2.44. The zero-order valence-corrected chi connectivity index (χ0v) is 9.98. The van der Waals surface area contributed by atoms with Gasteiger partial charge in [0.2, 0.25) is 0 Å². The van der Waals surface area contributed by atoms with Crippen LogP contribution in [-0.2, 0) is 9.84 Å². The van der Waals surface area contributed by atoms with Gasteiger partial charge in [0.25, 0.3) is 0 Å². The number of rotatable bonds is 5. The average molecular weight is 207 g/mol. The van der Waals surface area contributed by atoms with Crippen molar-refractivity contribution in [2.24, 2.45) is 5.92 Å². The van der Waals surface area contributed by atoms with Crippen molar-refractivity contribution in [3.05, 3.63) is 0 Å². The molecule has 4 heteroatoms. The molecule has 0 rings (SSSR count). The topological polar surface area (TPSA) is 46.2 Å². The van der Waals surface area contributed by atoms with Crippen molar-refractivity contribution in [1.29, 1.82) is 0 Å². The molecule has 0 aromatic rings. The average Bonchev–Trinajstić information content (AvgIpc) is 2.03. The van der Waals surface area contributed by atoms with E-state index in [1.165, 1.54) is 6.26 Å². The molecule has 0 aliphatic carbocycles. The highest BCUT2D eigenvalue weighted by atomic mass is 32.2. The van der Waals surface area contributed by atoms with Gasteiger partial charge < -0.3 is 5.32 Å². The van der Waals surface area contributed by atoms with E-state index in [1.807, 2.05) is 7.05 Å². The lowest BCUT2D eigenvalue weighted by Gasteiger charge is -2.27. The van der Waals surface area contributed by atoms with Crippen LogP contribution in [0.3, 0.4) is 0 Å². The maximum absolute atomic E-state index is 11.3. The highest BCUT2D eigenvalue weighted by Gasteiger charge is 2.27. The Morgan fingerprint density at radius 3 is 2.00 bits per heavy atom. The monoisotopic (exact) mass is 207 g/mol. The molecule has 0 heterocycles. The van der Waals surface area contributed by atoms with Gasteiger partial charge in [0, 0.05) is 12.3 Å². The minimum atomic E-state index is -2.93. The van der Waals surface area contributed by atoms with E-state index in [-0.39, 0.29) is 11.3 Å². The van der Waals surface area contributed by atoms with Gasteiger partial charge in [0.15, 0.2) is 9.84 Å². The minimum Gasteiger partial charge on any atom is -0.315 e. The summed E-state index contributed by atoms with van der Waals surface area (Å²) in [6.07, 6.45) is 2.29. The molecule has 3 atom stereocenters. The lowest BCUT2D eigenvalue weighted by Crippen LogP contribution is -2.44. The Kier molecular flexibility index (Phi) is 4.92. The molecule has 0 spiro atoms. The summed E-state index contributed by atoms with van der Waals surface area (Å²) in [5, 5.41) is 2.77. The predicted molar refractivity (Wildman–Crippen MR) is 56.6 cm³/mol. The van der Waals surface area contributed by atoms with E-state index < -0.39 is 9.84 Å². The summed E-state index contributed by atoms with van der Waals surface area (Å²) in [7, 11) is -1.11. The molecule has 1 N–H and O–H groups in total. The van der Waals surface area contributed by atoms with Gasteiger partial charge in [0.05, 0.1) is 5.25 Å². The molecule has 0 amide bonds. The standard InChI is InChI=1S/C9H21NO2S/c1-6-7(2)9(10-4)8(3)13(5,11)12/h7-10H,6H2,1-5H3. The Morgan fingerprint density at radius 2 is 1.77 bits per heavy atom. The number of hydrogen-bond acceptors (Lipinski definition) is 3. The van der Waals surface area contributed by atoms with Crippen LogP contribution < -0.4 is 5.32 Å². The van der Waals surface area contributed by atoms with Crippen molar-refractivity contribution in [3.8, 4) is 0 Å². The van der Waals surface area contributed by atoms with Crippen LogP contribution in [0.2, 0.25) is 0 Å². The van der Waals surface area contributed by atoms with E-state index in [2.05, 4.69) is 19.2 Å². The molecule has 13 heavy (non-hydrogen) atoms. The van der Waals surface area contributed by atoms with E-state index in [9.17, 15) is 8.42 Å². The largest absolute Gasteiger partial charge is 0.315 e. The third kappa shape index (κ3) is 3.65. The van der Waals surface area contributed by atoms with Crippen LogP contribution in [0.15, 0.2) is 0 Å². The first kappa shape index (κ1) is 12.9. The molecule has 0 saturated carbocycles. The summed E-state index contributed by atoms with van der Waals surface area (Å²) in [4.78, 5) is 0. The highest BCUT2D eigenvalue weighted by molar-refractivity contribution is 7.91. The Labute approximate surface area is 81.8 Å². The second-order valence-electron chi connectivity index (χ2n) is 3.73. The van der Waals surface area contributed by atoms with Crippen LogP contribution >= 0.6 is 0 Å². The molecular formula is C9H21NO2S. The van der Waals surface area contributed by atoms with Crippen molar-refractivity contribution in [2.75, 3.05) is 13.3 Å². The molecule has 0 saturated heterocycles. The van der Waals surface area contributed by atoms with Gasteiger partial charge in [-0.2, -0.15) is 0 Å². The number of hydrogen-bond donors (Lipinski definition) is 1. The second-order valence-corrected chi connectivity index (χ2v) is 6.14. The summed E-state index contributed by atoms with van der Waals surface area (Å²) < 4.78 is 22.6. The lowest BCUT2D eigenvalue weighted by molar-refractivity contribution is 0.378. The summed E-state index contributed by atoms with van der Waals surface area (Å²) in [5.41, 5.74) is 0. The summed E-state index contributed by atoms with van der Waals surface area (Å²) >= 11 is 0. The zero-order chi connectivity index (χ0) is 10.6. The molecule has 0 aromatic heterocycles. The molecule has 0 fully saturated rings. The number of sulfone groups is 1. The minimum absolute atomic E-state index is 0.0556. The second kappa shape index (κ2) is 4.96. The molecule has 0 bridgehead atoms. The first-order valence-electron chi connectivity index (χ1n) is 4.70. The SMILES string of the molecule is CCC(C)C(NC)C(C)S(C)(=O)=O. The summed E-state index contributed by atoms with van der Waals surface area (Å²) in [5.74, 6) is 0.384. The Bertz CT molecular complexity index is 236. The maximum Gasteiger partial charge on any atom is 0.151 e. The Morgan fingerprint density at radius 1 is 1.31 bits per heavy atom. The van der Waals surface area contributed by atoms with E-state index in [4.69, 9.17) is 0 Å². The molecule has 80 valence electrons. The van der Waals surface area contributed by atoms with Crippen LogP contribution in [0, 0.1) is 5.92 Å². The van der Waals surface area contributed by atoms with Gasteiger partial charge in [-0.25, -0.2) is 8.42 Å². The van der Waals surface area contributed by atoms with Crippen LogP contribution in [0.4, 0.5) is 0 Å². The van der Waals surface area contributed by atoms with Crippen molar-refractivity contribution < 1.29 is 8.42 Å². The Balaban J connectivity index is 4.59. The predicted octanol–water partition coefficient (Wildman–Crippen LogP) is 1.05. The van der Waals surface area contributed by atoms with Crippen molar-refractivity contribution in [3.63, 3.8) is 0 Å². The lowest BCUT2D eigenvalue weighted by atomic mass is 9.97.